The fourth-order valence-electron chi connectivity index (χ4n) is 2.28. The second-order valence-corrected chi connectivity index (χ2v) is 4.43. The fraction of sp³-hybridized carbons (Fsp3) is 0.714. The summed E-state index contributed by atoms with van der Waals surface area (Å²) >= 11 is 0. The van der Waals surface area contributed by atoms with Crippen LogP contribution in [0.1, 0.15) is 58.8 Å². The highest BCUT2D eigenvalue weighted by Gasteiger charge is 2.12. The molecule has 0 heterocycles. The van der Waals surface area contributed by atoms with E-state index in [0.717, 1.165) is 5.92 Å². The second kappa shape index (κ2) is 6.86. The maximum Gasteiger partial charge on any atom is -0.0206 e. The summed E-state index contributed by atoms with van der Waals surface area (Å²) in [5, 5.41) is 0. The molecule has 1 atom stereocenters. The molecule has 0 bridgehead atoms. The minimum Gasteiger partial charge on any atom is -0.0917 e. The maximum absolute atomic E-state index is 2.44. The van der Waals surface area contributed by atoms with Crippen LogP contribution in [0, 0.1) is 5.92 Å². The molecule has 1 rings (SSSR count). The zero-order valence-corrected chi connectivity index (χ0v) is 9.76. The number of rotatable bonds is 5. The molecule has 0 amide bonds. The second-order valence-electron chi connectivity index (χ2n) is 4.43. The maximum atomic E-state index is 2.44. The van der Waals surface area contributed by atoms with Gasteiger partial charge in [-0.3, -0.25) is 0 Å². The van der Waals surface area contributed by atoms with E-state index < -0.39 is 0 Å². The van der Waals surface area contributed by atoms with Gasteiger partial charge in [0, 0.05) is 0 Å². The van der Waals surface area contributed by atoms with Crippen LogP contribution in [0.5, 0.6) is 0 Å². The molecule has 0 N–H and O–H groups in total. The van der Waals surface area contributed by atoms with Crippen LogP contribution in [0.15, 0.2) is 23.8 Å². The fourth-order valence-corrected chi connectivity index (χ4v) is 2.28. The lowest BCUT2D eigenvalue weighted by Crippen LogP contribution is -2.06. The largest absolute Gasteiger partial charge is 0.0917 e. The first-order valence-corrected chi connectivity index (χ1v) is 6.12. The zero-order valence-electron chi connectivity index (χ0n) is 9.76. The van der Waals surface area contributed by atoms with E-state index >= 15 is 0 Å². The summed E-state index contributed by atoms with van der Waals surface area (Å²) in [6, 6.07) is 0. The Bertz CT molecular complexity index is 198. The van der Waals surface area contributed by atoms with Gasteiger partial charge in [-0.2, -0.15) is 0 Å². The van der Waals surface area contributed by atoms with E-state index in [1.165, 1.54) is 44.9 Å². The lowest BCUT2D eigenvalue weighted by Gasteiger charge is -2.21. The minimum atomic E-state index is 0.911. The van der Waals surface area contributed by atoms with Gasteiger partial charge in [-0.1, -0.05) is 30.2 Å². The smallest absolute Gasteiger partial charge is 0.0206 e. The molecule has 1 aliphatic rings. The van der Waals surface area contributed by atoms with Crippen LogP contribution in [-0.2, 0) is 0 Å². The summed E-state index contributed by atoms with van der Waals surface area (Å²) in [5.74, 6) is 0.911. The van der Waals surface area contributed by atoms with Gasteiger partial charge in [-0.25, -0.2) is 0 Å². The molecular weight excluding hydrogens is 168 g/mol. The molecule has 1 unspecified atom stereocenters. The Hall–Kier alpha value is -0.520. The van der Waals surface area contributed by atoms with Crippen molar-refractivity contribution in [2.75, 3.05) is 0 Å². The van der Waals surface area contributed by atoms with Crippen molar-refractivity contribution in [1.29, 1.82) is 0 Å². The first kappa shape index (κ1) is 11.6. The van der Waals surface area contributed by atoms with Crippen molar-refractivity contribution in [2.24, 2.45) is 5.92 Å². The topological polar surface area (TPSA) is 0 Å². The van der Waals surface area contributed by atoms with Crippen molar-refractivity contribution in [3.8, 4) is 0 Å². The van der Waals surface area contributed by atoms with Crippen LogP contribution in [0.4, 0.5) is 0 Å². The molecule has 1 aliphatic carbocycles. The van der Waals surface area contributed by atoms with E-state index in [1.54, 1.807) is 5.57 Å². The third kappa shape index (κ3) is 4.13. The molecule has 0 aromatic carbocycles. The van der Waals surface area contributed by atoms with Crippen LogP contribution < -0.4 is 0 Å². The molecular formula is C14H24. The van der Waals surface area contributed by atoms with E-state index in [1.807, 2.05) is 0 Å². The van der Waals surface area contributed by atoms with E-state index in [-0.39, 0.29) is 0 Å². The summed E-state index contributed by atoms with van der Waals surface area (Å²) in [4.78, 5) is 0. The highest BCUT2D eigenvalue weighted by molar-refractivity contribution is 5.06. The molecule has 0 spiro atoms. The van der Waals surface area contributed by atoms with E-state index in [2.05, 4.69) is 32.1 Å². The normalized spacial score (nSPS) is 22.7. The number of hydrogen-bond acceptors (Lipinski definition) is 0. The van der Waals surface area contributed by atoms with Crippen molar-refractivity contribution >= 4 is 0 Å². The molecule has 0 fully saturated rings. The van der Waals surface area contributed by atoms with Gasteiger partial charge in [0.1, 0.15) is 0 Å². The molecule has 80 valence electrons. The molecule has 0 aromatic rings. The molecule has 0 saturated heterocycles. The molecule has 0 aromatic heterocycles. The SMILES string of the molecule is C/C=C\CCCCC1CCCC=C1C. The monoisotopic (exact) mass is 192 g/mol. The van der Waals surface area contributed by atoms with Crippen LogP contribution in [0.3, 0.4) is 0 Å². The van der Waals surface area contributed by atoms with Crippen molar-refractivity contribution in [1.82, 2.24) is 0 Å². The Morgan fingerprint density at radius 3 is 3.00 bits per heavy atom. The summed E-state index contributed by atoms with van der Waals surface area (Å²) in [5.41, 5.74) is 1.65. The van der Waals surface area contributed by atoms with Crippen LogP contribution in [-0.4, -0.2) is 0 Å². The number of hydrogen-bond donors (Lipinski definition) is 0. The van der Waals surface area contributed by atoms with Crippen molar-refractivity contribution in [3.63, 3.8) is 0 Å². The predicted molar refractivity (Wildman–Crippen MR) is 64.4 cm³/mol. The van der Waals surface area contributed by atoms with Crippen LogP contribution in [0.2, 0.25) is 0 Å². The summed E-state index contributed by atoms with van der Waals surface area (Å²) in [6.45, 7) is 4.42. The van der Waals surface area contributed by atoms with Gasteiger partial charge >= 0.3 is 0 Å². The third-order valence-electron chi connectivity index (χ3n) is 3.28. The van der Waals surface area contributed by atoms with Gasteiger partial charge in [-0.15, -0.1) is 0 Å². The standard InChI is InChI=1S/C14H24/c1-3-4-5-6-7-11-14-12-9-8-10-13(14)2/h3-4,10,14H,5-9,11-12H2,1-2H3/b4-3-. The highest BCUT2D eigenvalue weighted by Crippen LogP contribution is 2.28. The van der Waals surface area contributed by atoms with Gasteiger partial charge in [0.2, 0.25) is 0 Å². The molecule has 0 radical (unpaired) electrons. The van der Waals surface area contributed by atoms with Crippen LogP contribution >= 0.6 is 0 Å². The Kier molecular flexibility index (Phi) is 5.66. The Morgan fingerprint density at radius 2 is 2.29 bits per heavy atom. The zero-order chi connectivity index (χ0) is 10.2. The molecule has 0 saturated carbocycles. The number of allylic oxidation sites excluding steroid dienone is 4. The van der Waals surface area contributed by atoms with Gasteiger partial charge in [0.15, 0.2) is 0 Å². The lowest BCUT2D eigenvalue weighted by molar-refractivity contribution is 0.457. The van der Waals surface area contributed by atoms with Crippen molar-refractivity contribution in [3.05, 3.63) is 23.8 Å². The molecule has 0 nitrogen and oxygen atoms in total. The molecule has 0 heteroatoms. The van der Waals surface area contributed by atoms with Crippen molar-refractivity contribution in [2.45, 2.75) is 58.8 Å². The van der Waals surface area contributed by atoms with Crippen molar-refractivity contribution < 1.29 is 0 Å². The van der Waals surface area contributed by atoms with Gasteiger partial charge in [0.05, 0.1) is 0 Å². The summed E-state index contributed by atoms with van der Waals surface area (Å²) in [6.07, 6.45) is 16.5. The van der Waals surface area contributed by atoms with Gasteiger partial charge in [0.25, 0.3) is 0 Å². The molecule has 0 aliphatic heterocycles. The predicted octanol–water partition coefficient (Wildman–Crippen LogP) is 4.87. The molecule has 14 heavy (non-hydrogen) atoms. The quantitative estimate of drug-likeness (QED) is 0.430. The van der Waals surface area contributed by atoms with E-state index in [0.29, 0.717) is 0 Å². The van der Waals surface area contributed by atoms with Gasteiger partial charge < -0.3 is 0 Å². The average Bonchev–Trinajstić information content (AvgIpc) is 2.20. The Morgan fingerprint density at radius 1 is 1.43 bits per heavy atom. The lowest BCUT2D eigenvalue weighted by atomic mass is 9.85. The highest BCUT2D eigenvalue weighted by atomic mass is 14.2. The van der Waals surface area contributed by atoms with Crippen LogP contribution in [0.25, 0.3) is 0 Å². The first-order chi connectivity index (χ1) is 6.84. The summed E-state index contributed by atoms with van der Waals surface area (Å²) in [7, 11) is 0. The minimum absolute atomic E-state index is 0.911. The van der Waals surface area contributed by atoms with E-state index in [9.17, 15) is 0 Å². The average molecular weight is 192 g/mol. The third-order valence-corrected chi connectivity index (χ3v) is 3.28. The first-order valence-electron chi connectivity index (χ1n) is 6.12. The van der Waals surface area contributed by atoms with E-state index in [4.69, 9.17) is 0 Å². The summed E-state index contributed by atoms with van der Waals surface area (Å²) < 4.78 is 0. The Labute approximate surface area is 89.1 Å². The number of unbranched alkanes of at least 4 members (excludes halogenated alkanes) is 2. The Balaban J connectivity index is 2.11. The van der Waals surface area contributed by atoms with Gasteiger partial charge in [-0.05, 0) is 58.3 Å².